The number of nitrogens with two attached hydrogens (primary N) is 1. The van der Waals surface area contributed by atoms with E-state index < -0.39 is 0 Å². The SMILES string of the molecule is CCC(=O)N1CCCCC1C(=O)N1CC2CCC(N)C2C1. The summed E-state index contributed by atoms with van der Waals surface area (Å²) in [5, 5.41) is 0. The molecule has 118 valence electrons. The highest BCUT2D eigenvalue weighted by Crippen LogP contribution is 2.37. The number of rotatable bonds is 2. The lowest BCUT2D eigenvalue weighted by Gasteiger charge is -2.37. The van der Waals surface area contributed by atoms with Crippen LogP contribution in [0.15, 0.2) is 0 Å². The summed E-state index contributed by atoms with van der Waals surface area (Å²) >= 11 is 0. The Hall–Kier alpha value is -1.10. The molecule has 3 fully saturated rings. The molecule has 1 saturated carbocycles. The number of nitrogens with zero attached hydrogens (tertiary/aromatic N) is 2. The Morgan fingerprint density at radius 1 is 1.14 bits per heavy atom. The van der Waals surface area contributed by atoms with Gasteiger partial charge in [0.1, 0.15) is 6.04 Å². The first kappa shape index (κ1) is 14.8. The number of carbonyl (C=O) groups is 2. The quantitative estimate of drug-likeness (QED) is 0.825. The van der Waals surface area contributed by atoms with E-state index in [-0.39, 0.29) is 23.9 Å². The molecule has 0 bridgehead atoms. The number of carbonyl (C=O) groups excluding carboxylic acids is 2. The lowest BCUT2D eigenvalue weighted by atomic mass is 9.98. The van der Waals surface area contributed by atoms with Gasteiger partial charge >= 0.3 is 0 Å². The number of piperidine rings is 1. The van der Waals surface area contributed by atoms with E-state index in [0.717, 1.165) is 51.7 Å². The Morgan fingerprint density at radius 3 is 2.67 bits per heavy atom. The highest BCUT2D eigenvalue weighted by molar-refractivity contribution is 5.88. The van der Waals surface area contributed by atoms with Gasteiger partial charge in [0.2, 0.25) is 11.8 Å². The second kappa shape index (κ2) is 5.95. The smallest absolute Gasteiger partial charge is 0.245 e. The van der Waals surface area contributed by atoms with Gasteiger partial charge in [-0.3, -0.25) is 9.59 Å². The Balaban J connectivity index is 1.68. The van der Waals surface area contributed by atoms with Crippen molar-refractivity contribution in [2.45, 2.75) is 57.5 Å². The van der Waals surface area contributed by atoms with E-state index in [1.807, 2.05) is 16.7 Å². The fourth-order valence-electron chi connectivity index (χ4n) is 4.39. The molecule has 2 heterocycles. The van der Waals surface area contributed by atoms with Crippen molar-refractivity contribution in [3.05, 3.63) is 0 Å². The van der Waals surface area contributed by atoms with Crippen LogP contribution in [0.25, 0.3) is 0 Å². The number of fused-ring (bicyclic) bond motifs is 1. The third-order valence-corrected chi connectivity index (χ3v) is 5.63. The molecule has 5 heteroatoms. The Labute approximate surface area is 126 Å². The molecule has 2 amide bonds. The Kier molecular flexibility index (Phi) is 4.20. The molecule has 4 unspecified atom stereocenters. The predicted molar refractivity (Wildman–Crippen MR) is 80.4 cm³/mol. The minimum Gasteiger partial charge on any atom is -0.340 e. The van der Waals surface area contributed by atoms with Crippen molar-refractivity contribution >= 4 is 11.8 Å². The summed E-state index contributed by atoms with van der Waals surface area (Å²) in [6.07, 6.45) is 5.62. The van der Waals surface area contributed by atoms with Gasteiger partial charge in [-0.05, 0) is 43.9 Å². The van der Waals surface area contributed by atoms with Crippen molar-refractivity contribution in [1.29, 1.82) is 0 Å². The number of hydrogen-bond acceptors (Lipinski definition) is 3. The van der Waals surface area contributed by atoms with Gasteiger partial charge in [0.25, 0.3) is 0 Å². The van der Waals surface area contributed by atoms with Gasteiger partial charge in [-0.2, -0.15) is 0 Å². The predicted octanol–water partition coefficient (Wildman–Crippen LogP) is 0.973. The maximum atomic E-state index is 12.9. The molecule has 1 aliphatic carbocycles. The van der Waals surface area contributed by atoms with Crippen molar-refractivity contribution in [3.63, 3.8) is 0 Å². The van der Waals surface area contributed by atoms with Crippen LogP contribution in [0.5, 0.6) is 0 Å². The first-order valence-corrected chi connectivity index (χ1v) is 8.45. The third-order valence-electron chi connectivity index (χ3n) is 5.63. The summed E-state index contributed by atoms with van der Waals surface area (Å²) in [4.78, 5) is 28.7. The van der Waals surface area contributed by atoms with E-state index in [4.69, 9.17) is 5.73 Å². The summed E-state index contributed by atoms with van der Waals surface area (Å²) in [7, 11) is 0. The van der Waals surface area contributed by atoms with E-state index >= 15 is 0 Å². The summed E-state index contributed by atoms with van der Waals surface area (Å²) in [5.74, 6) is 1.35. The average Bonchev–Trinajstić information content (AvgIpc) is 3.08. The third kappa shape index (κ3) is 2.68. The molecular weight excluding hydrogens is 266 g/mol. The molecule has 0 spiro atoms. The topological polar surface area (TPSA) is 66.6 Å². The standard InChI is InChI=1S/C16H27N3O2/c1-2-15(20)19-8-4-3-5-14(19)16(21)18-9-11-6-7-13(17)12(11)10-18/h11-14H,2-10,17H2,1H3. The van der Waals surface area contributed by atoms with Gasteiger partial charge in [0.05, 0.1) is 0 Å². The molecule has 0 radical (unpaired) electrons. The lowest BCUT2D eigenvalue weighted by Crippen LogP contribution is -2.52. The monoisotopic (exact) mass is 293 g/mol. The van der Waals surface area contributed by atoms with Crippen LogP contribution in [0.2, 0.25) is 0 Å². The molecule has 3 aliphatic rings. The van der Waals surface area contributed by atoms with Crippen LogP contribution in [0.4, 0.5) is 0 Å². The van der Waals surface area contributed by atoms with Crippen molar-refractivity contribution in [2.24, 2.45) is 17.6 Å². The summed E-state index contributed by atoms with van der Waals surface area (Å²) in [6.45, 7) is 4.26. The van der Waals surface area contributed by atoms with Gasteiger partial charge in [0, 0.05) is 32.1 Å². The highest BCUT2D eigenvalue weighted by Gasteiger charge is 2.44. The van der Waals surface area contributed by atoms with E-state index in [0.29, 0.717) is 18.3 Å². The summed E-state index contributed by atoms with van der Waals surface area (Å²) in [6, 6.07) is 0.0359. The largest absolute Gasteiger partial charge is 0.340 e. The Morgan fingerprint density at radius 2 is 1.95 bits per heavy atom. The minimum atomic E-state index is -0.221. The molecular formula is C16H27N3O2. The number of likely N-dealkylation sites (tertiary alicyclic amines) is 2. The lowest BCUT2D eigenvalue weighted by molar-refractivity contribution is -0.147. The molecule has 4 atom stereocenters. The number of amides is 2. The summed E-state index contributed by atoms with van der Waals surface area (Å²) in [5.41, 5.74) is 6.16. The normalized spacial score (nSPS) is 35.9. The Bertz CT molecular complexity index is 426. The average molecular weight is 293 g/mol. The second-order valence-corrected chi connectivity index (χ2v) is 6.86. The zero-order chi connectivity index (χ0) is 15.0. The minimum absolute atomic E-state index is 0.115. The molecule has 0 aromatic rings. The van der Waals surface area contributed by atoms with Crippen LogP contribution in [-0.2, 0) is 9.59 Å². The van der Waals surface area contributed by atoms with Crippen molar-refractivity contribution in [1.82, 2.24) is 9.80 Å². The van der Waals surface area contributed by atoms with E-state index in [2.05, 4.69) is 0 Å². The van der Waals surface area contributed by atoms with Crippen LogP contribution in [0, 0.1) is 11.8 Å². The van der Waals surface area contributed by atoms with Gasteiger partial charge in [-0.1, -0.05) is 6.92 Å². The van der Waals surface area contributed by atoms with Gasteiger partial charge in [0.15, 0.2) is 0 Å². The first-order valence-electron chi connectivity index (χ1n) is 8.45. The van der Waals surface area contributed by atoms with E-state index in [9.17, 15) is 9.59 Å². The van der Waals surface area contributed by atoms with Crippen LogP contribution in [0.3, 0.4) is 0 Å². The van der Waals surface area contributed by atoms with Crippen LogP contribution in [0.1, 0.15) is 45.4 Å². The highest BCUT2D eigenvalue weighted by atomic mass is 16.2. The van der Waals surface area contributed by atoms with Crippen LogP contribution >= 0.6 is 0 Å². The molecule has 2 saturated heterocycles. The molecule has 2 aliphatic heterocycles. The van der Waals surface area contributed by atoms with Crippen molar-refractivity contribution in [2.75, 3.05) is 19.6 Å². The van der Waals surface area contributed by atoms with Gasteiger partial charge in [-0.25, -0.2) is 0 Å². The molecule has 21 heavy (non-hydrogen) atoms. The maximum absolute atomic E-state index is 12.9. The van der Waals surface area contributed by atoms with Crippen LogP contribution < -0.4 is 5.73 Å². The maximum Gasteiger partial charge on any atom is 0.245 e. The van der Waals surface area contributed by atoms with Crippen LogP contribution in [-0.4, -0.2) is 53.3 Å². The number of hydrogen-bond donors (Lipinski definition) is 1. The zero-order valence-corrected chi connectivity index (χ0v) is 13.0. The van der Waals surface area contributed by atoms with Crippen molar-refractivity contribution in [3.8, 4) is 0 Å². The fraction of sp³-hybridized carbons (Fsp3) is 0.875. The van der Waals surface area contributed by atoms with E-state index in [1.54, 1.807) is 0 Å². The zero-order valence-electron chi connectivity index (χ0n) is 13.0. The second-order valence-electron chi connectivity index (χ2n) is 6.86. The fourth-order valence-corrected chi connectivity index (χ4v) is 4.39. The molecule has 3 rings (SSSR count). The molecule has 2 N–H and O–H groups in total. The van der Waals surface area contributed by atoms with E-state index in [1.165, 1.54) is 0 Å². The molecule has 0 aromatic carbocycles. The molecule has 0 aromatic heterocycles. The van der Waals surface area contributed by atoms with Gasteiger partial charge < -0.3 is 15.5 Å². The summed E-state index contributed by atoms with van der Waals surface area (Å²) < 4.78 is 0. The first-order chi connectivity index (χ1) is 10.1. The molecule has 5 nitrogen and oxygen atoms in total. The van der Waals surface area contributed by atoms with Crippen molar-refractivity contribution < 1.29 is 9.59 Å². The van der Waals surface area contributed by atoms with Gasteiger partial charge in [-0.15, -0.1) is 0 Å².